The van der Waals surface area contributed by atoms with Gasteiger partial charge in [-0.15, -0.1) is 0 Å². The van der Waals surface area contributed by atoms with Gasteiger partial charge in [-0.3, -0.25) is 19.2 Å². The standard InChI is InChI=1S/C61H89ClFN7O13/c1-33(2)50-57(76)65-42(27-39-22-24-41(25-23-39)64-56(75)46(28-40-18-14-15-19-43(40)62)67-59(77)66-45-21-17-16-20-44(45)63)29-48(71)70(12)32-34(3)30-60(8,78)54(83-58-51(72)47(69(10)11)26-35(4)80-58)36(5)52(37(6)55(74)68-50)82-49-31-61(9,79-13)53(73)38(7)81-49/h14-25,33-38,42,46-47,49-54,58,72-73,78H,26-32H2,1-13H3,(H,64,75)(H,65,76)(H,68,74)(H2,66,67,77)/t34-,35-,36+,37-,38+,42-,46+,47+,49+,50+,51-,52+,53+,54-,58+,60-,61-/m1/s1. The summed E-state index contributed by atoms with van der Waals surface area (Å²) < 4.78 is 46.5. The highest BCUT2D eigenvalue weighted by Gasteiger charge is 2.51. The van der Waals surface area contributed by atoms with Gasteiger partial charge in [0.2, 0.25) is 23.6 Å². The molecule has 8 N–H and O–H groups in total. The number of para-hydroxylation sites is 1. The Morgan fingerprint density at radius 2 is 1.57 bits per heavy atom. The van der Waals surface area contributed by atoms with E-state index in [1.54, 1.807) is 115 Å². The predicted octanol–water partition coefficient (Wildman–Crippen LogP) is 6.03. The number of methoxy groups -OCH3 is 1. The molecule has 0 saturated carbocycles. The first-order chi connectivity index (χ1) is 39.0. The maximum absolute atomic E-state index is 14.9. The first-order valence-electron chi connectivity index (χ1n) is 28.7. The third-order valence-corrected chi connectivity index (χ3v) is 16.8. The van der Waals surface area contributed by atoms with E-state index in [-0.39, 0.29) is 68.3 Å². The van der Waals surface area contributed by atoms with E-state index in [0.29, 0.717) is 28.3 Å². The highest BCUT2D eigenvalue weighted by atomic mass is 35.5. The van der Waals surface area contributed by atoms with E-state index in [1.165, 1.54) is 25.3 Å². The Kier molecular flexibility index (Phi) is 23.5. The largest absolute Gasteiger partial charge is 0.387 e. The topological polar surface area (TPSA) is 259 Å². The summed E-state index contributed by atoms with van der Waals surface area (Å²) in [6, 6.07) is 15.0. The highest BCUT2D eigenvalue weighted by Crippen LogP contribution is 2.39. The molecule has 0 radical (unpaired) electrons. The Hall–Kier alpha value is -5.33. The van der Waals surface area contributed by atoms with Crippen LogP contribution in [-0.4, -0.2) is 174 Å². The molecule has 0 spiro atoms. The van der Waals surface area contributed by atoms with Crippen molar-refractivity contribution in [2.75, 3.05) is 45.4 Å². The number of anilines is 2. The second-order valence-corrected chi connectivity index (χ2v) is 24.6. The molecular weight excluding hydrogens is 1090 g/mol. The predicted molar refractivity (Wildman–Crippen MR) is 313 cm³/mol. The fourth-order valence-corrected chi connectivity index (χ4v) is 12.0. The molecule has 22 heteroatoms. The lowest BCUT2D eigenvalue weighted by Crippen LogP contribution is -2.61. The maximum atomic E-state index is 14.9. The molecule has 3 aliphatic rings. The number of aliphatic hydroxyl groups is 3. The molecule has 0 aromatic heterocycles. The number of nitrogens with zero attached hydrogens (tertiary/aromatic N) is 2. The van der Waals surface area contributed by atoms with Gasteiger partial charge in [0.05, 0.1) is 47.2 Å². The molecular formula is C61H89ClFN7O13. The van der Waals surface area contributed by atoms with Crippen molar-refractivity contribution in [1.82, 2.24) is 25.8 Å². The van der Waals surface area contributed by atoms with Crippen molar-refractivity contribution in [2.24, 2.45) is 23.7 Å². The van der Waals surface area contributed by atoms with E-state index in [0.717, 1.165) is 0 Å². The minimum absolute atomic E-state index is 0.00221. The molecule has 3 fully saturated rings. The second kappa shape index (κ2) is 29.2. The van der Waals surface area contributed by atoms with Crippen molar-refractivity contribution in [1.29, 1.82) is 0 Å². The van der Waals surface area contributed by atoms with Crippen molar-refractivity contribution in [3.8, 4) is 0 Å². The van der Waals surface area contributed by atoms with Gasteiger partial charge >= 0.3 is 6.03 Å². The van der Waals surface area contributed by atoms with Gasteiger partial charge in [-0.2, -0.15) is 0 Å². The number of hydrogen-bond donors (Lipinski definition) is 8. The monoisotopic (exact) mass is 1180 g/mol. The molecule has 20 nitrogen and oxygen atoms in total. The van der Waals surface area contributed by atoms with Gasteiger partial charge in [0.25, 0.3) is 0 Å². The number of hydrogen-bond acceptors (Lipinski definition) is 14. The Morgan fingerprint density at radius 1 is 0.904 bits per heavy atom. The van der Waals surface area contributed by atoms with E-state index >= 15 is 0 Å². The summed E-state index contributed by atoms with van der Waals surface area (Å²) in [5, 5.41) is 50.2. The molecule has 3 aromatic carbocycles. The molecule has 3 heterocycles. The summed E-state index contributed by atoms with van der Waals surface area (Å²) >= 11 is 6.47. The van der Waals surface area contributed by atoms with Gasteiger partial charge in [-0.05, 0) is 114 Å². The summed E-state index contributed by atoms with van der Waals surface area (Å²) in [6.07, 6.45) is -7.12. The van der Waals surface area contributed by atoms with E-state index in [1.807, 2.05) is 32.8 Å². The molecule has 3 aromatic rings. The first-order valence-corrected chi connectivity index (χ1v) is 29.1. The van der Waals surface area contributed by atoms with Crippen molar-refractivity contribution >= 4 is 52.6 Å². The lowest BCUT2D eigenvalue weighted by Gasteiger charge is -2.49. The van der Waals surface area contributed by atoms with Gasteiger partial charge in [-0.25, -0.2) is 9.18 Å². The van der Waals surface area contributed by atoms with Crippen molar-refractivity contribution in [3.63, 3.8) is 0 Å². The molecule has 6 amide bonds. The van der Waals surface area contributed by atoms with Crippen LogP contribution in [0.4, 0.5) is 20.6 Å². The summed E-state index contributed by atoms with van der Waals surface area (Å²) in [4.78, 5) is 74.5. The Balaban J connectivity index is 1.29. The molecule has 6 rings (SSSR count). The maximum Gasteiger partial charge on any atom is 0.319 e. The molecule has 0 unspecified atom stereocenters. The SMILES string of the molecule is CO[C@]1(C)C[C@H](O[C@H]2[C@H](C)[C@@H](O[C@@H]3O[C@H](C)C[C@H](N(C)C)[C@H]3O)[C@](C)(O)C[C@@H](C)CN(C)C(=O)C[C@@H](Cc3ccc(NC(=O)[C@H](Cc4ccccc4Cl)NC(=O)Nc4ccccc4F)cc3)NC(=O)[C@H](C(C)C)NC(=O)[C@@H]2C)O[C@@H](C)[C@@H]1O. The van der Waals surface area contributed by atoms with E-state index < -0.39 is 120 Å². The molecule has 460 valence electrons. The number of carbonyl (C=O) groups is 5. The molecule has 17 atom stereocenters. The Labute approximate surface area is 493 Å². The van der Waals surface area contributed by atoms with Gasteiger partial charge in [0.1, 0.15) is 30.1 Å². The summed E-state index contributed by atoms with van der Waals surface area (Å²) in [5.74, 6) is -5.42. The third-order valence-electron chi connectivity index (χ3n) is 16.5. The number of nitrogens with one attached hydrogen (secondary N) is 5. The first kappa shape index (κ1) is 66.8. The average Bonchev–Trinajstić information content (AvgIpc) is 3.65. The lowest BCUT2D eigenvalue weighted by atomic mass is 9.77. The van der Waals surface area contributed by atoms with Crippen LogP contribution >= 0.6 is 11.6 Å². The number of ether oxygens (including phenoxy) is 5. The Bertz CT molecular complexity index is 2670. The zero-order valence-corrected chi connectivity index (χ0v) is 50.9. The average molecular weight is 1180 g/mol. The molecule has 3 aliphatic heterocycles. The number of likely N-dealkylation sites (N-methyl/N-ethyl adjacent to an activating group) is 1. The quantitative estimate of drug-likeness (QED) is 0.0865. The van der Waals surface area contributed by atoms with Crippen LogP contribution in [-0.2, 0) is 55.7 Å². The van der Waals surface area contributed by atoms with Crippen molar-refractivity contribution < 1.29 is 67.4 Å². The third kappa shape index (κ3) is 17.6. The smallest absolute Gasteiger partial charge is 0.319 e. The zero-order valence-electron chi connectivity index (χ0n) is 50.2. The van der Waals surface area contributed by atoms with Crippen molar-refractivity contribution in [3.05, 3.63) is 94.8 Å². The van der Waals surface area contributed by atoms with Crippen LogP contribution in [0.25, 0.3) is 0 Å². The van der Waals surface area contributed by atoms with Crippen LogP contribution in [0.1, 0.15) is 99.1 Å². The minimum Gasteiger partial charge on any atom is -0.387 e. The normalized spacial score (nSPS) is 33.0. The molecule has 83 heavy (non-hydrogen) atoms. The molecule has 0 aliphatic carbocycles. The molecule has 0 bridgehead atoms. The fourth-order valence-electron chi connectivity index (χ4n) is 11.7. The lowest BCUT2D eigenvalue weighted by molar-refractivity contribution is -0.317. The van der Waals surface area contributed by atoms with Gasteiger partial charge in [-0.1, -0.05) is 88.7 Å². The highest BCUT2D eigenvalue weighted by molar-refractivity contribution is 6.31. The fraction of sp³-hybridized carbons (Fsp3) is 0.623. The van der Waals surface area contributed by atoms with E-state index in [2.05, 4.69) is 26.6 Å². The van der Waals surface area contributed by atoms with Gasteiger partial charge < -0.3 is 75.4 Å². The molecule has 3 saturated heterocycles. The number of amides is 6. The van der Waals surface area contributed by atoms with Gasteiger partial charge in [0.15, 0.2) is 12.6 Å². The minimum atomic E-state index is -1.72. The zero-order chi connectivity index (χ0) is 61.2. The second-order valence-electron chi connectivity index (χ2n) is 24.2. The summed E-state index contributed by atoms with van der Waals surface area (Å²) in [6.45, 7) is 16.0. The van der Waals surface area contributed by atoms with Gasteiger partial charge in [0, 0.05) is 68.7 Å². The number of carbonyl (C=O) groups excluding carboxylic acids is 5. The van der Waals surface area contributed by atoms with Crippen LogP contribution in [0, 0.1) is 29.5 Å². The van der Waals surface area contributed by atoms with Crippen LogP contribution in [0.5, 0.6) is 0 Å². The van der Waals surface area contributed by atoms with Crippen LogP contribution < -0.4 is 26.6 Å². The number of aliphatic hydroxyl groups excluding tert-OH is 2. The van der Waals surface area contributed by atoms with Crippen LogP contribution in [0.3, 0.4) is 0 Å². The van der Waals surface area contributed by atoms with Crippen LogP contribution in [0.15, 0.2) is 72.8 Å². The van der Waals surface area contributed by atoms with Crippen LogP contribution in [0.2, 0.25) is 5.02 Å². The number of urea groups is 1. The number of rotatable bonds is 15. The Morgan fingerprint density at radius 3 is 2.20 bits per heavy atom. The van der Waals surface area contributed by atoms with E-state index in [4.69, 9.17) is 35.3 Å². The number of benzene rings is 3. The summed E-state index contributed by atoms with van der Waals surface area (Å²) in [7, 11) is 6.85. The summed E-state index contributed by atoms with van der Waals surface area (Å²) in [5.41, 5.74) is -1.27. The number of halogens is 2. The van der Waals surface area contributed by atoms with Crippen molar-refractivity contribution in [2.45, 2.75) is 185 Å². The van der Waals surface area contributed by atoms with E-state index in [9.17, 15) is 43.7 Å².